The Labute approximate surface area is 171 Å². The van der Waals surface area contributed by atoms with Gasteiger partial charge in [0.15, 0.2) is 0 Å². The SMILES string of the molecule is CCCCNCc1ccc(-c2ccc(C(=O)N[C@H](C(=O)NO)[C@@H](C)O)cc2)cc1. The fraction of sp³-hybridized carbons (Fsp3) is 0.364. The van der Waals surface area contributed by atoms with E-state index in [-0.39, 0.29) is 0 Å². The number of hydroxylamine groups is 1. The third kappa shape index (κ3) is 6.67. The molecular weight excluding hydrogens is 370 g/mol. The van der Waals surface area contributed by atoms with Crippen molar-refractivity contribution in [1.29, 1.82) is 0 Å². The van der Waals surface area contributed by atoms with Crippen LogP contribution in [0.25, 0.3) is 11.1 Å². The molecule has 2 aromatic rings. The fourth-order valence-electron chi connectivity index (χ4n) is 2.86. The number of amides is 2. The molecule has 0 fully saturated rings. The molecule has 0 spiro atoms. The summed E-state index contributed by atoms with van der Waals surface area (Å²) in [7, 11) is 0. The van der Waals surface area contributed by atoms with E-state index < -0.39 is 24.0 Å². The van der Waals surface area contributed by atoms with Crippen LogP contribution in [0.15, 0.2) is 48.5 Å². The first-order chi connectivity index (χ1) is 14.0. The first-order valence-corrected chi connectivity index (χ1v) is 9.79. The van der Waals surface area contributed by atoms with Gasteiger partial charge in [-0.3, -0.25) is 14.8 Å². The number of hydrogen-bond acceptors (Lipinski definition) is 5. The van der Waals surface area contributed by atoms with Crippen molar-refractivity contribution >= 4 is 11.8 Å². The van der Waals surface area contributed by atoms with Crippen LogP contribution >= 0.6 is 0 Å². The lowest BCUT2D eigenvalue weighted by Gasteiger charge is -2.19. The number of aliphatic hydroxyl groups excluding tert-OH is 1. The Morgan fingerprint density at radius 1 is 1.00 bits per heavy atom. The number of carbonyl (C=O) groups is 2. The minimum absolute atomic E-state index is 0.349. The van der Waals surface area contributed by atoms with Gasteiger partial charge in [0.25, 0.3) is 11.8 Å². The molecule has 5 N–H and O–H groups in total. The van der Waals surface area contributed by atoms with Crippen LogP contribution in [-0.2, 0) is 11.3 Å². The second-order valence-corrected chi connectivity index (χ2v) is 6.97. The van der Waals surface area contributed by atoms with Crippen LogP contribution < -0.4 is 16.1 Å². The predicted molar refractivity (Wildman–Crippen MR) is 111 cm³/mol. The van der Waals surface area contributed by atoms with Crippen LogP contribution in [0.5, 0.6) is 0 Å². The largest absolute Gasteiger partial charge is 0.391 e. The third-order valence-electron chi connectivity index (χ3n) is 4.63. The van der Waals surface area contributed by atoms with Gasteiger partial charge >= 0.3 is 0 Å². The van der Waals surface area contributed by atoms with Gasteiger partial charge in [0.1, 0.15) is 6.04 Å². The molecule has 0 radical (unpaired) electrons. The van der Waals surface area contributed by atoms with Gasteiger partial charge in [-0.15, -0.1) is 0 Å². The van der Waals surface area contributed by atoms with E-state index in [1.807, 2.05) is 24.3 Å². The molecule has 0 saturated carbocycles. The van der Waals surface area contributed by atoms with Crippen LogP contribution in [0.4, 0.5) is 0 Å². The monoisotopic (exact) mass is 399 g/mol. The topological polar surface area (TPSA) is 111 Å². The van der Waals surface area contributed by atoms with Crippen LogP contribution in [-0.4, -0.2) is 40.8 Å². The molecule has 7 heteroatoms. The van der Waals surface area contributed by atoms with Gasteiger partial charge in [-0.1, -0.05) is 49.7 Å². The first kappa shape index (κ1) is 22.5. The number of rotatable bonds is 10. The van der Waals surface area contributed by atoms with E-state index >= 15 is 0 Å². The number of aliphatic hydroxyl groups is 1. The van der Waals surface area contributed by atoms with Crippen LogP contribution in [0, 0.1) is 0 Å². The molecule has 2 amide bonds. The first-order valence-electron chi connectivity index (χ1n) is 9.79. The average Bonchev–Trinajstić information content (AvgIpc) is 2.74. The molecule has 0 heterocycles. The zero-order valence-corrected chi connectivity index (χ0v) is 16.8. The fourth-order valence-corrected chi connectivity index (χ4v) is 2.86. The molecule has 7 nitrogen and oxygen atoms in total. The molecule has 156 valence electrons. The maximum absolute atomic E-state index is 12.3. The Hall–Kier alpha value is -2.74. The highest BCUT2D eigenvalue weighted by Gasteiger charge is 2.25. The van der Waals surface area contributed by atoms with E-state index in [0.29, 0.717) is 5.56 Å². The molecule has 2 atom stereocenters. The molecule has 0 unspecified atom stereocenters. The average molecular weight is 399 g/mol. The van der Waals surface area contributed by atoms with Crippen LogP contribution in [0.3, 0.4) is 0 Å². The van der Waals surface area contributed by atoms with E-state index in [1.54, 1.807) is 12.1 Å². The summed E-state index contributed by atoms with van der Waals surface area (Å²) in [6.07, 6.45) is 1.19. The highest BCUT2D eigenvalue weighted by atomic mass is 16.5. The summed E-state index contributed by atoms with van der Waals surface area (Å²) in [5, 5.41) is 24.2. The van der Waals surface area contributed by atoms with Gasteiger partial charge in [0.05, 0.1) is 6.10 Å². The second-order valence-electron chi connectivity index (χ2n) is 6.97. The summed E-state index contributed by atoms with van der Waals surface area (Å²) < 4.78 is 0. The van der Waals surface area contributed by atoms with E-state index in [9.17, 15) is 14.7 Å². The normalized spacial score (nSPS) is 12.8. The summed E-state index contributed by atoms with van der Waals surface area (Å²) in [6, 6.07) is 14.0. The molecular formula is C22H29N3O4. The minimum atomic E-state index is -1.24. The molecule has 0 saturated heterocycles. The standard InChI is InChI=1S/C22H29N3O4/c1-3-4-13-23-14-16-5-7-17(8-6-16)18-9-11-19(12-10-18)21(27)24-20(15(2)26)22(28)25-29/h5-12,15,20,23,26,29H,3-4,13-14H2,1-2H3,(H,24,27)(H,25,28)/t15-,20+/m1/s1. The number of benzene rings is 2. The molecule has 29 heavy (non-hydrogen) atoms. The minimum Gasteiger partial charge on any atom is -0.391 e. The highest BCUT2D eigenvalue weighted by Crippen LogP contribution is 2.20. The smallest absolute Gasteiger partial charge is 0.268 e. The predicted octanol–water partition coefficient (Wildman–Crippen LogP) is 2.23. The molecule has 0 aliphatic heterocycles. The van der Waals surface area contributed by atoms with E-state index in [1.165, 1.54) is 30.8 Å². The zero-order valence-electron chi connectivity index (χ0n) is 16.8. The van der Waals surface area contributed by atoms with E-state index in [4.69, 9.17) is 5.21 Å². The Morgan fingerprint density at radius 3 is 2.10 bits per heavy atom. The van der Waals surface area contributed by atoms with Crippen molar-refractivity contribution in [2.45, 2.75) is 45.4 Å². The van der Waals surface area contributed by atoms with Crippen molar-refractivity contribution in [3.8, 4) is 11.1 Å². The Morgan fingerprint density at radius 2 is 1.59 bits per heavy atom. The van der Waals surface area contributed by atoms with Gasteiger partial charge in [0.2, 0.25) is 0 Å². The van der Waals surface area contributed by atoms with E-state index in [2.05, 4.69) is 29.7 Å². The van der Waals surface area contributed by atoms with Crippen LogP contribution in [0.2, 0.25) is 0 Å². The Kier molecular flexibility index (Phi) is 8.79. The lowest BCUT2D eigenvalue weighted by Crippen LogP contribution is -2.51. The second kappa shape index (κ2) is 11.3. The number of hydrogen-bond donors (Lipinski definition) is 5. The van der Waals surface area contributed by atoms with Crippen LogP contribution in [0.1, 0.15) is 42.6 Å². The molecule has 0 bridgehead atoms. The van der Waals surface area contributed by atoms with Crippen molar-refractivity contribution < 1.29 is 19.9 Å². The molecule has 2 rings (SSSR count). The van der Waals surface area contributed by atoms with Gasteiger partial charge in [-0.05, 0) is 48.7 Å². The lowest BCUT2D eigenvalue weighted by molar-refractivity contribution is -0.133. The van der Waals surface area contributed by atoms with Gasteiger partial charge in [-0.25, -0.2) is 5.48 Å². The lowest BCUT2D eigenvalue weighted by atomic mass is 10.0. The zero-order chi connectivity index (χ0) is 21.2. The van der Waals surface area contributed by atoms with Gasteiger partial charge < -0.3 is 15.7 Å². The Bertz CT molecular complexity index is 789. The molecule has 0 aliphatic rings. The molecule has 0 aliphatic carbocycles. The van der Waals surface area contributed by atoms with Crippen molar-refractivity contribution in [3.05, 3.63) is 59.7 Å². The number of nitrogens with one attached hydrogen (secondary N) is 3. The molecule has 2 aromatic carbocycles. The maximum atomic E-state index is 12.3. The van der Waals surface area contributed by atoms with Gasteiger partial charge in [0, 0.05) is 12.1 Å². The van der Waals surface area contributed by atoms with Crippen molar-refractivity contribution in [3.63, 3.8) is 0 Å². The molecule has 0 aromatic heterocycles. The summed E-state index contributed by atoms with van der Waals surface area (Å²) in [4.78, 5) is 23.9. The third-order valence-corrected chi connectivity index (χ3v) is 4.63. The van der Waals surface area contributed by atoms with E-state index in [0.717, 1.165) is 24.2 Å². The summed E-state index contributed by atoms with van der Waals surface area (Å²) in [5.41, 5.74) is 5.01. The Balaban J connectivity index is 2.00. The van der Waals surface area contributed by atoms with Crippen molar-refractivity contribution in [2.75, 3.05) is 6.54 Å². The quantitative estimate of drug-likeness (QED) is 0.239. The highest BCUT2D eigenvalue weighted by molar-refractivity contribution is 5.97. The summed E-state index contributed by atoms with van der Waals surface area (Å²) >= 11 is 0. The number of carbonyl (C=O) groups excluding carboxylic acids is 2. The maximum Gasteiger partial charge on any atom is 0.268 e. The van der Waals surface area contributed by atoms with Crippen molar-refractivity contribution in [1.82, 2.24) is 16.1 Å². The summed E-state index contributed by atoms with van der Waals surface area (Å²) in [6.45, 7) is 5.37. The van der Waals surface area contributed by atoms with Gasteiger partial charge in [-0.2, -0.15) is 0 Å². The number of unbranched alkanes of at least 4 members (excludes halogenated alkanes) is 1. The summed E-state index contributed by atoms with van der Waals surface area (Å²) in [5.74, 6) is -1.39. The van der Waals surface area contributed by atoms with Crippen molar-refractivity contribution in [2.24, 2.45) is 0 Å².